The summed E-state index contributed by atoms with van der Waals surface area (Å²) in [5, 5.41) is 2.71. The zero-order valence-electron chi connectivity index (χ0n) is 17.5. The van der Waals surface area contributed by atoms with Crippen molar-refractivity contribution in [3.8, 4) is 11.5 Å². The first-order valence-electron chi connectivity index (χ1n) is 9.98. The molecule has 1 heterocycles. The van der Waals surface area contributed by atoms with Crippen molar-refractivity contribution in [3.05, 3.63) is 76.5 Å². The van der Waals surface area contributed by atoms with Gasteiger partial charge < -0.3 is 14.8 Å². The maximum Gasteiger partial charge on any atom is 0.264 e. The number of rotatable bonds is 6. The van der Waals surface area contributed by atoms with E-state index in [1.807, 2.05) is 6.92 Å². The Bertz CT molecular complexity index is 1300. The Hall–Kier alpha value is -3.11. The van der Waals surface area contributed by atoms with Gasteiger partial charge in [-0.05, 0) is 67.1 Å². The summed E-state index contributed by atoms with van der Waals surface area (Å²) in [5.41, 5.74) is 1.58. The molecule has 0 aromatic heterocycles. The maximum absolute atomic E-state index is 13.5. The topological polar surface area (TPSA) is 84.9 Å². The minimum atomic E-state index is -4.20. The van der Waals surface area contributed by atoms with E-state index in [1.165, 1.54) is 30.3 Å². The fourth-order valence-corrected chi connectivity index (χ4v) is 4.97. The summed E-state index contributed by atoms with van der Waals surface area (Å²) >= 11 is 3.40. The number of nitrogens with one attached hydrogen (secondary N) is 1. The highest BCUT2D eigenvalue weighted by Gasteiger charge is 2.29. The second-order valence-electron chi connectivity index (χ2n) is 7.31. The number of amides is 1. The quantitative estimate of drug-likeness (QED) is 0.503. The standard InChI is InChI=1S/C23H20BrFN2O5S/c1-15-12-17(4-8-20(15)24)26-23(28)14-27(18-5-2-16(25)3-6-18)33(29,30)19-7-9-21-22(13-19)32-11-10-31-21/h2-9,12-13H,10-11,14H2,1H3,(H,26,28). The number of hydrogen-bond acceptors (Lipinski definition) is 5. The van der Waals surface area contributed by atoms with E-state index in [9.17, 15) is 17.6 Å². The van der Waals surface area contributed by atoms with Crippen LogP contribution in [0.5, 0.6) is 11.5 Å². The van der Waals surface area contributed by atoms with E-state index < -0.39 is 28.3 Å². The SMILES string of the molecule is Cc1cc(NC(=O)CN(c2ccc(F)cc2)S(=O)(=O)c2ccc3c(c2)OCCO3)ccc1Br. The fraction of sp³-hybridized carbons (Fsp3) is 0.174. The molecule has 1 aliphatic rings. The molecule has 0 radical (unpaired) electrons. The van der Waals surface area contributed by atoms with E-state index in [2.05, 4.69) is 21.2 Å². The van der Waals surface area contributed by atoms with Crippen LogP contribution in [0.2, 0.25) is 0 Å². The van der Waals surface area contributed by atoms with Crippen LogP contribution in [-0.4, -0.2) is 34.1 Å². The van der Waals surface area contributed by atoms with Crippen LogP contribution in [0.4, 0.5) is 15.8 Å². The van der Waals surface area contributed by atoms with Crippen LogP contribution in [0.3, 0.4) is 0 Å². The van der Waals surface area contributed by atoms with Gasteiger partial charge in [-0.3, -0.25) is 9.10 Å². The largest absolute Gasteiger partial charge is 0.486 e. The third-order valence-corrected chi connectivity index (χ3v) is 7.60. The molecule has 1 N–H and O–H groups in total. The average molecular weight is 535 g/mol. The Balaban J connectivity index is 1.66. The maximum atomic E-state index is 13.5. The monoisotopic (exact) mass is 534 g/mol. The number of fused-ring (bicyclic) bond motifs is 1. The van der Waals surface area contributed by atoms with E-state index >= 15 is 0 Å². The molecule has 3 aromatic carbocycles. The number of ether oxygens (including phenoxy) is 2. The molecule has 7 nitrogen and oxygen atoms in total. The van der Waals surface area contributed by atoms with Crippen LogP contribution >= 0.6 is 15.9 Å². The zero-order valence-corrected chi connectivity index (χ0v) is 19.9. The highest BCUT2D eigenvalue weighted by molar-refractivity contribution is 9.10. The normalized spacial score (nSPS) is 12.8. The van der Waals surface area contributed by atoms with Crippen molar-refractivity contribution >= 4 is 43.2 Å². The van der Waals surface area contributed by atoms with Crippen molar-refractivity contribution in [2.75, 3.05) is 29.4 Å². The number of anilines is 2. The van der Waals surface area contributed by atoms with Crippen molar-refractivity contribution in [2.45, 2.75) is 11.8 Å². The summed E-state index contributed by atoms with van der Waals surface area (Å²) < 4.78 is 53.3. The summed E-state index contributed by atoms with van der Waals surface area (Å²) in [7, 11) is -4.20. The lowest BCUT2D eigenvalue weighted by Crippen LogP contribution is -2.38. The number of hydrogen-bond donors (Lipinski definition) is 1. The van der Waals surface area contributed by atoms with Gasteiger partial charge in [-0.1, -0.05) is 15.9 Å². The number of halogens is 2. The van der Waals surface area contributed by atoms with Crippen molar-refractivity contribution in [1.29, 1.82) is 0 Å². The Morgan fingerprint density at radius 3 is 2.42 bits per heavy atom. The van der Waals surface area contributed by atoms with E-state index in [1.54, 1.807) is 18.2 Å². The van der Waals surface area contributed by atoms with Crippen molar-refractivity contribution in [2.24, 2.45) is 0 Å². The molecule has 0 spiro atoms. The fourth-order valence-electron chi connectivity index (χ4n) is 3.29. The highest BCUT2D eigenvalue weighted by Crippen LogP contribution is 2.34. The summed E-state index contributed by atoms with van der Waals surface area (Å²) in [4.78, 5) is 12.7. The predicted octanol–water partition coefficient (Wildman–Crippen LogP) is 4.50. The molecule has 0 aliphatic carbocycles. The molecule has 3 aromatic rings. The molecular weight excluding hydrogens is 515 g/mol. The Morgan fingerprint density at radius 2 is 1.73 bits per heavy atom. The van der Waals surface area contributed by atoms with Crippen molar-refractivity contribution in [1.82, 2.24) is 0 Å². The molecule has 1 aliphatic heterocycles. The van der Waals surface area contributed by atoms with Gasteiger partial charge in [0.1, 0.15) is 25.6 Å². The number of carbonyl (C=O) groups excluding carboxylic acids is 1. The van der Waals surface area contributed by atoms with E-state index in [-0.39, 0.29) is 10.6 Å². The van der Waals surface area contributed by atoms with Crippen molar-refractivity contribution in [3.63, 3.8) is 0 Å². The first-order chi connectivity index (χ1) is 15.7. The molecule has 33 heavy (non-hydrogen) atoms. The second kappa shape index (κ2) is 9.40. The van der Waals surface area contributed by atoms with Gasteiger partial charge >= 0.3 is 0 Å². The zero-order chi connectivity index (χ0) is 23.6. The lowest BCUT2D eigenvalue weighted by molar-refractivity contribution is -0.114. The van der Waals surface area contributed by atoms with Gasteiger partial charge in [-0.2, -0.15) is 0 Å². The summed E-state index contributed by atoms with van der Waals surface area (Å²) in [6.45, 7) is 2.03. The Morgan fingerprint density at radius 1 is 1.03 bits per heavy atom. The number of sulfonamides is 1. The molecule has 10 heteroatoms. The minimum Gasteiger partial charge on any atom is -0.486 e. The summed E-state index contributed by atoms with van der Waals surface area (Å²) in [5.74, 6) is -0.333. The lowest BCUT2D eigenvalue weighted by Gasteiger charge is -2.25. The first-order valence-corrected chi connectivity index (χ1v) is 12.2. The van der Waals surface area contributed by atoms with Gasteiger partial charge in [0.15, 0.2) is 11.5 Å². The van der Waals surface area contributed by atoms with Crippen LogP contribution in [0.1, 0.15) is 5.56 Å². The summed E-state index contributed by atoms with van der Waals surface area (Å²) in [6, 6.07) is 14.4. The lowest BCUT2D eigenvalue weighted by atomic mass is 10.2. The van der Waals surface area contributed by atoms with Gasteiger partial charge in [0, 0.05) is 16.2 Å². The minimum absolute atomic E-state index is 0.0802. The van der Waals surface area contributed by atoms with Crippen LogP contribution in [0.25, 0.3) is 0 Å². The molecule has 0 saturated heterocycles. The van der Waals surface area contributed by atoms with Gasteiger partial charge in [-0.25, -0.2) is 12.8 Å². The van der Waals surface area contributed by atoms with E-state index in [0.717, 1.165) is 26.5 Å². The van der Waals surface area contributed by atoms with E-state index in [0.29, 0.717) is 30.4 Å². The molecule has 0 fully saturated rings. The number of aryl methyl sites for hydroxylation is 1. The van der Waals surface area contributed by atoms with E-state index in [4.69, 9.17) is 9.47 Å². The molecule has 0 unspecified atom stereocenters. The number of carbonyl (C=O) groups is 1. The molecule has 0 atom stereocenters. The number of benzene rings is 3. The Labute approximate surface area is 199 Å². The van der Waals surface area contributed by atoms with Crippen LogP contribution < -0.4 is 19.1 Å². The third-order valence-electron chi connectivity index (χ3n) is 4.95. The van der Waals surface area contributed by atoms with Gasteiger partial charge in [0.2, 0.25) is 5.91 Å². The van der Waals surface area contributed by atoms with Crippen LogP contribution in [-0.2, 0) is 14.8 Å². The Kier molecular flexibility index (Phi) is 6.57. The highest BCUT2D eigenvalue weighted by atomic mass is 79.9. The molecule has 4 rings (SSSR count). The average Bonchev–Trinajstić information content (AvgIpc) is 2.80. The van der Waals surface area contributed by atoms with Gasteiger partial charge in [-0.15, -0.1) is 0 Å². The summed E-state index contributed by atoms with van der Waals surface area (Å²) in [6.07, 6.45) is 0. The molecular formula is C23H20BrFN2O5S. The van der Waals surface area contributed by atoms with Crippen molar-refractivity contribution < 1.29 is 27.1 Å². The smallest absolute Gasteiger partial charge is 0.264 e. The van der Waals surface area contributed by atoms with Crippen LogP contribution in [0.15, 0.2) is 70.0 Å². The molecule has 0 saturated carbocycles. The molecule has 172 valence electrons. The second-order valence-corrected chi connectivity index (χ2v) is 10.0. The number of nitrogens with zero attached hydrogens (tertiary/aromatic N) is 1. The van der Waals surface area contributed by atoms with Gasteiger partial charge in [0.25, 0.3) is 10.0 Å². The van der Waals surface area contributed by atoms with Gasteiger partial charge in [0.05, 0.1) is 10.6 Å². The first kappa shape index (κ1) is 23.1. The molecule has 0 bridgehead atoms. The predicted molar refractivity (Wildman–Crippen MR) is 126 cm³/mol. The third kappa shape index (κ3) is 5.12. The molecule has 1 amide bonds. The van der Waals surface area contributed by atoms with Crippen LogP contribution in [0, 0.1) is 12.7 Å².